The number of rotatable bonds is 2. The number of benzene rings is 1. The van der Waals surface area contributed by atoms with E-state index in [2.05, 4.69) is 30.3 Å². The first-order chi connectivity index (χ1) is 4.95. The van der Waals surface area contributed by atoms with Crippen molar-refractivity contribution in [3.63, 3.8) is 0 Å². The van der Waals surface area contributed by atoms with Crippen LogP contribution < -0.4 is 5.30 Å². The molecule has 1 aliphatic carbocycles. The zero-order valence-electron chi connectivity index (χ0n) is 5.83. The molecule has 0 saturated heterocycles. The second-order valence-electron chi connectivity index (χ2n) is 2.70. The summed E-state index contributed by atoms with van der Waals surface area (Å²) in [6.45, 7) is 0. The minimum atomic E-state index is 0.988. The van der Waals surface area contributed by atoms with Crippen molar-refractivity contribution < 1.29 is 0 Å². The smallest absolute Gasteiger partial charge is 0.0127 e. The Morgan fingerprint density at radius 1 is 1.10 bits per heavy atom. The second kappa shape index (κ2) is 2.72. The van der Waals surface area contributed by atoms with Crippen LogP contribution in [0.15, 0.2) is 30.3 Å². The second-order valence-corrected chi connectivity index (χ2v) is 4.20. The molecule has 1 aromatic carbocycles. The van der Waals surface area contributed by atoms with Crippen LogP contribution in [0.2, 0.25) is 0 Å². The minimum absolute atomic E-state index is 0.988. The van der Waals surface area contributed by atoms with Gasteiger partial charge in [0, 0.05) is 0 Å². The van der Waals surface area contributed by atoms with Crippen molar-refractivity contribution >= 4 is 13.9 Å². The first-order valence-electron chi connectivity index (χ1n) is 3.71. The van der Waals surface area contributed by atoms with Crippen LogP contribution >= 0.6 is 8.58 Å². The molecule has 0 aliphatic heterocycles. The Kier molecular flexibility index (Phi) is 1.73. The highest BCUT2D eigenvalue weighted by Crippen LogP contribution is 2.38. The number of hydrogen-bond acceptors (Lipinski definition) is 0. The third-order valence-electron chi connectivity index (χ3n) is 1.63. The van der Waals surface area contributed by atoms with Crippen LogP contribution in [0.25, 0.3) is 0 Å². The fraction of sp³-hybridized carbons (Fsp3) is 0.333. The summed E-state index contributed by atoms with van der Waals surface area (Å²) in [4.78, 5) is 0. The van der Waals surface area contributed by atoms with Gasteiger partial charge in [-0.25, -0.2) is 0 Å². The van der Waals surface area contributed by atoms with E-state index in [0.29, 0.717) is 0 Å². The number of hydrogen-bond donors (Lipinski definition) is 0. The fourth-order valence-electron chi connectivity index (χ4n) is 0.929. The van der Waals surface area contributed by atoms with Crippen molar-refractivity contribution in [2.75, 3.05) is 0 Å². The van der Waals surface area contributed by atoms with E-state index in [1.807, 2.05) is 0 Å². The van der Waals surface area contributed by atoms with Gasteiger partial charge < -0.3 is 0 Å². The van der Waals surface area contributed by atoms with Crippen LogP contribution in [-0.2, 0) is 0 Å². The summed E-state index contributed by atoms with van der Waals surface area (Å²) in [6.07, 6.45) is 2.88. The molecule has 0 heterocycles. The van der Waals surface area contributed by atoms with Gasteiger partial charge in [-0.05, 0) is 32.4 Å². The molecule has 1 saturated carbocycles. The molecule has 0 bridgehead atoms. The molecule has 1 aromatic rings. The minimum Gasteiger partial charge on any atom is -0.0622 e. The highest BCUT2D eigenvalue weighted by molar-refractivity contribution is 7.48. The van der Waals surface area contributed by atoms with E-state index in [-0.39, 0.29) is 0 Å². The third kappa shape index (κ3) is 1.58. The van der Waals surface area contributed by atoms with Crippen LogP contribution in [0.4, 0.5) is 0 Å². The lowest BCUT2D eigenvalue weighted by molar-refractivity contribution is 1.50. The van der Waals surface area contributed by atoms with Crippen LogP contribution in [-0.4, -0.2) is 5.66 Å². The molecule has 0 nitrogen and oxygen atoms in total. The van der Waals surface area contributed by atoms with Gasteiger partial charge in [-0.3, -0.25) is 0 Å². The molecule has 10 heavy (non-hydrogen) atoms. The van der Waals surface area contributed by atoms with E-state index >= 15 is 0 Å². The monoisotopic (exact) mass is 149 g/mol. The zero-order valence-corrected chi connectivity index (χ0v) is 6.72. The fourth-order valence-corrected chi connectivity index (χ4v) is 2.10. The van der Waals surface area contributed by atoms with Gasteiger partial charge in [-0.2, -0.15) is 0 Å². The third-order valence-corrected chi connectivity index (χ3v) is 3.11. The van der Waals surface area contributed by atoms with Gasteiger partial charge in [0.15, 0.2) is 0 Å². The molecule has 0 spiro atoms. The van der Waals surface area contributed by atoms with Crippen LogP contribution in [0.1, 0.15) is 12.8 Å². The lowest BCUT2D eigenvalue weighted by atomic mass is 10.4. The molecular formula is C9H10P. The van der Waals surface area contributed by atoms with Crippen molar-refractivity contribution in [3.8, 4) is 0 Å². The standard InChI is InChI=1S/C9H10P/c1-2-4-8(5-3-1)10-9-6-7-9/h1-5,9H,6-7H2. The van der Waals surface area contributed by atoms with Gasteiger partial charge in [0.25, 0.3) is 0 Å². The largest absolute Gasteiger partial charge is 0.0622 e. The van der Waals surface area contributed by atoms with Crippen molar-refractivity contribution in [1.29, 1.82) is 0 Å². The molecule has 0 N–H and O–H groups in total. The average molecular weight is 149 g/mol. The normalized spacial score (nSPS) is 18.4. The lowest BCUT2D eigenvalue weighted by Gasteiger charge is -1.94. The average Bonchev–Trinajstić information content (AvgIpc) is 2.74. The molecule has 2 rings (SSSR count). The van der Waals surface area contributed by atoms with Crippen molar-refractivity contribution in [2.45, 2.75) is 18.5 Å². The molecular weight excluding hydrogens is 139 g/mol. The van der Waals surface area contributed by atoms with Gasteiger partial charge >= 0.3 is 0 Å². The SMILES string of the molecule is c1ccc([P]C2CC2)cc1. The summed E-state index contributed by atoms with van der Waals surface area (Å²) in [7, 11) is 1.54. The Balaban J connectivity index is 2.03. The molecule has 0 amide bonds. The highest BCUT2D eigenvalue weighted by atomic mass is 31.1. The summed E-state index contributed by atoms with van der Waals surface area (Å²) in [5.74, 6) is 0. The van der Waals surface area contributed by atoms with Gasteiger partial charge in [0.2, 0.25) is 0 Å². The predicted molar refractivity (Wildman–Crippen MR) is 46.0 cm³/mol. The first-order valence-corrected chi connectivity index (χ1v) is 4.67. The molecule has 1 radical (unpaired) electrons. The summed E-state index contributed by atoms with van der Waals surface area (Å²) in [6, 6.07) is 10.7. The van der Waals surface area contributed by atoms with E-state index in [0.717, 1.165) is 5.66 Å². The molecule has 0 atom stereocenters. The Morgan fingerprint density at radius 2 is 1.80 bits per heavy atom. The Bertz CT molecular complexity index is 201. The molecule has 0 aromatic heterocycles. The van der Waals surface area contributed by atoms with Crippen molar-refractivity contribution in [2.24, 2.45) is 0 Å². The molecule has 51 valence electrons. The van der Waals surface area contributed by atoms with Gasteiger partial charge in [-0.1, -0.05) is 30.3 Å². The van der Waals surface area contributed by atoms with Crippen LogP contribution in [0.3, 0.4) is 0 Å². The van der Waals surface area contributed by atoms with Gasteiger partial charge in [0.05, 0.1) is 0 Å². The zero-order chi connectivity index (χ0) is 6.81. The Hall–Kier alpha value is -0.350. The van der Waals surface area contributed by atoms with Crippen LogP contribution in [0, 0.1) is 0 Å². The summed E-state index contributed by atoms with van der Waals surface area (Å²) in [5, 5.41) is 1.48. The topological polar surface area (TPSA) is 0 Å². The van der Waals surface area contributed by atoms with E-state index in [1.165, 1.54) is 18.1 Å². The Labute approximate surface area is 63.4 Å². The molecule has 1 aliphatic rings. The summed E-state index contributed by atoms with van der Waals surface area (Å²) in [5.41, 5.74) is 0.988. The maximum atomic E-state index is 2.21. The molecule has 0 unspecified atom stereocenters. The maximum Gasteiger partial charge on any atom is -0.0127 e. The van der Waals surface area contributed by atoms with Crippen LogP contribution in [0.5, 0.6) is 0 Å². The highest BCUT2D eigenvalue weighted by Gasteiger charge is 2.21. The first kappa shape index (κ1) is 6.37. The van der Waals surface area contributed by atoms with Gasteiger partial charge in [-0.15, -0.1) is 0 Å². The van der Waals surface area contributed by atoms with Gasteiger partial charge in [0.1, 0.15) is 0 Å². The predicted octanol–water partition coefficient (Wildman–Crippen LogP) is 2.42. The van der Waals surface area contributed by atoms with Crippen molar-refractivity contribution in [3.05, 3.63) is 30.3 Å². The Morgan fingerprint density at radius 3 is 2.40 bits per heavy atom. The quantitative estimate of drug-likeness (QED) is 0.566. The molecule has 1 heteroatoms. The summed E-state index contributed by atoms with van der Waals surface area (Å²) >= 11 is 0. The lowest BCUT2D eigenvalue weighted by Crippen LogP contribution is -1.92. The van der Waals surface area contributed by atoms with E-state index in [4.69, 9.17) is 0 Å². The molecule has 1 fully saturated rings. The maximum absolute atomic E-state index is 2.21. The van der Waals surface area contributed by atoms with E-state index < -0.39 is 0 Å². The van der Waals surface area contributed by atoms with E-state index in [9.17, 15) is 0 Å². The van der Waals surface area contributed by atoms with Crippen molar-refractivity contribution in [1.82, 2.24) is 0 Å². The van der Waals surface area contributed by atoms with E-state index in [1.54, 1.807) is 8.58 Å². The summed E-state index contributed by atoms with van der Waals surface area (Å²) < 4.78 is 0.